The van der Waals surface area contributed by atoms with Gasteiger partial charge in [-0.2, -0.15) is 5.26 Å². The molecule has 0 aromatic heterocycles. The molecule has 0 saturated carbocycles. The van der Waals surface area contributed by atoms with E-state index in [0.717, 1.165) is 49.8 Å². The summed E-state index contributed by atoms with van der Waals surface area (Å²) in [5.41, 5.74) is 7.24. The molecule has 0 radical (unpaired) electrons. The van der Waals surface area contributed by atoms with E-state index in [4.69, 9.17) is 14.7 Å². The largest absolute Gasteiger partial charge is 0.463 e. The molecule has 1 N–H and O–H groups in total. The summed E-state index contributed by atoms with van der Waals surface area (Å²) in [6.07, 6.45) is 4.64. The maximum Gasteiger partial charge on any atom is 0.412 e. The van der Waals surface area contributed by atoms with E-state index in [2.05, 4.69) is 17.5 Å². The van der Waals surface area contributed by atoms with E-state index in [9.17, 15) is 9.59 Å². The van der Waals surface area contributed by atoms with Crippen LogP contribution in [0.5, 0.6) is 0 Å². The number of aryl methyl sites for hydroxylation is 2. The molecule has 0 bridgehead atoms. The molecule has 2 aromatic carbocycles. The summed E-state index contributed by atoms with van der Waals surface area (Å²) < 4.78 is 10.7. The van der Waals surface area contributed by atoms with Gasteiger partial charge in [0.25, 0.3) is 0 Å². The van der Waals surface area contributed by atoms with Crippen LogP contribution in [0.15, 0.2) is 30.3 Å². The average Bonchev–Trinajstić information content (AvgIpc) is 3.43. The molecule has 6 nitrogen and oxygen atoms in total. The number of anilines is 1. The van der Waals surface area contributed by atoms with E-state index in [1.54, 1.807) is 31.2 Å². The molecule has 0 aliphatic heterocycles. The number of ether oxygens (including phenoxy) is 2. The highest BCUT2D eigenvalue weighted by molar-refractivity contribution is 5.90. The van der Waals surface area contributed by atoms with E-state index in [1.165, 1.54) is 22.3 Å². The van der Waals surface area contributed by atoms with Crippen molar-refractivity contribution in [2.75, 3.05) is 11.9 Å². The van der Waals surface area contributed by atoms with Gasteiger partial charge in [0.15, 0.2) is 0 Å². The van der Waals surface area contributed by atoms with Crippen molar-refractivity contribution in [1.29, 1.82) is 5.26 Å². The molecule has 2 aliphatic carbocycles. The first-order chi connectivity index (χ1) is 15.1. The normalized spacial score (nSPS) is 14.8. The molecule has 2 aromatic rings. The lowest BCUT2D eigenvalue weighted by Gasteiger charge is -2.19. The fraction of sp³-hybridized carbons (Fsp3) is 0.400. The Kier molecular flexibility index (Phi) is 6.22. The molecule has 2 aliphatic rings. The van der Waals surface area contributed by atoms with Crippen LogP contribution in [0.4, 0.5) is 10.5 Å². The summed E-state index contributed by atoms with van der Waals surface area (Å²) >= 11 is 0. The maximum absolute atomic E-state index is 12.8. The molecule has 4 rings (SSSR count). The highest BCUT2D eigenvalue weighted by Gasteiger charge is 2.28. The van der Waals surface area contributed by atoms with Crippen LogP contribution in [-0.2, 0) is 46.4 Å². The lowest BCUT2D eigenvalue weighted by Crippen LogP contribution is -2.33. The van der Waals surface area contributed by atoms with Crippen LogP contribution >= 0.6 is 0 Å². The minimum absolute atomic E-state index is 0.183. The van der Waals surface area contributed by atoms with E-state index < -0.39 is 18.2 Å². The van der Waals surface area contributed by atoms with Crippen LogP contribution in [0.2, 0.25) is 0 Å². The van der Waals surface area contributed by atoms with Gasteiger partial charge in [-0.1, -0.05) is 18.2 Å². The molecule has 1 atom stereocenters. The van der Waals surface area contributed by atoms with E-state index >= 15 is 0 Å². The van der Waals surface area contributed by atoms with E-state index in [1.807, 2.05) is 0 Å². The summed E-state index contributed by atoms with van der Waals surface area (Å²) in [5, 5.41) is 11.9. The Bertz CT molecular complexity index is 1000. The first kappa shape index (κ1) is 20.9. The molecule has 0 unspecified atom stereocenters. The summed E-state index contributed by atoms with van der Waals surface area (Å²) in [6, 6.07) is 11.2. The highest BCUT2D eigenvalue weighted by atomic mass is 16.6. The van der Waals surface area contributed by atoms with E-state index in [-0.39, 0.29) is 13.0 Å². The maximum atomic E-state index is 12.8. The first-order valence-electron chi connectivity index (χ1n) is 10.9. The zero-order valence-electron chi connectivity index (χ0n) is 17.7. The predicted octanol–water partition coefficient (Wildman–Crippen LogP) is 4.26. The van der Waals surface area contributed by atoms with Crippen molar-refractivity contribution in [1.82, 2.24) is 0 Å². The predicted molar refractivity (Wildman–Crippen MR) is 116 cm³/mol. The van der Waals surface area contributed by atoms with Crippen LogP contribution < -0.4 is 5.32 Å². The standard InChI is InChI=1S/C25H26N2O4/c1-2-30-24(28)22(13-16-9-11-17(15-26)12-10-16)31-25(29)27-23-20-7-3-5-18(20)14-19-6-4-8-21(19)23/h9-12,14,22H,2-8,13H2,1H3,(H,27,29)/t22-/m1/s1. The van der Waals surface area contributed by atoms with Gasteiger partial charge in [-0.05, 0) is 85.4 Å². The number of nitriles is 1. The average molecular weight is 418 g/mol. The number of carbonyl (C=O) groups excluding carboxylic acids is 2. The van der Waals surface area contributed by atoms with Crippen LogP contribution in [-0.4, -0.2) is 24.8 Å². The summed E-state index contributed by atoms with van der Waals surface area (Å²) in [7, 11) is 0. The molecule has 0 spiro atoms. The molecule has 0 heterocycles. The molecule has 0 fully saturated rings. The Morgan fingerprint density at radius 3 is 2.29 bits per heavy atom. The molecule has 1 amide bonds. The minimum Gasteiger partial charge on any atom is -0.463 e. The van der Waals surface area contributed by atoms with Crippen molar-refractivity contribution in [3.8, 4) is 6.07 Å². The van der Waals surface area contributed by atoms with Crippen molar-refractivity contribution in [3.63, 3.8) is 0 Å². The first-order valence-corrected chi connectivity index (χ1v) is 10.9. The second-order valence-corrected chi connectivity index (χ2v) is 8.02. The number of esters is 1. The third-order valence-electron chi connectivity index (χ3n) is 6.00. The van der Waals surface area contributed by atoms with Gasteiger partial charge in [-0.25, -0.2) is 9.59 Å². The van der Waals surface area contributed by atoms with Crippen LogP contribution in [0.25, 0.3) is 0 Å². The number of fused-ring (bicyclic) bond motifs is 2. The van der Waals surface area contributed by atoms with Crippen molar-refractivity contribution in [2.24, 2.45) is 0 Å². The van der Waals surface area contributed by atoms with Crippen LogP contribution in [0.3, 0.4) is 0 Å². The van der Waals surface area contributed by atoms with Crippen LogP contribution in [0, 0.1) is 11.3 Å². The van der Waals surface area contributed by atoms with E-state index in [0.29, 0.717) is 5.56 Å². The minimum atomic E-state index is -1.06. The number of nitrogens with one attached hydrogen (secondary N) is 1. The Hall–Kier alpha value is -3.33. The topological polar surface area (TPSA) is 88.4 Å². The summed E-state index contributed by atoms with van der Waals surface area (Å²) in [4.78, 5) is 25.3. The number of carbonyl (C=O) groups is 2. The summed E-state index contributed by atoms with van der Waals surface area (Å²) in [6.45, 7) is 1.92. The summed E-state index contributed by atoms with van der Waals surface area (Å²) in [5.74, 6) is -0.578. The van der Waals surface area contributed by atoms with Crippen molar-refractivity contribution in [3.05, 3.63) is 63.7 Å². The van der Waals surface area contributed by atoms with Gasteiger partial charge < -0.3 is 9.47 Å². The smallest absolute Gasteiger partial charge is 0.412 e. The molecular weight excluding hydrogens is 392 g/mol. The van der Waals surface area contributed by atoms with Crippen molar-refractivity contribution < 1.29 is 19.1 Å². The zero-order chi connectivity index (χ0) is 21.8. The van der Waals surface area contributed by atoms with Gasteiger partial charge >= 0.3 is 12.1 Å². The number of benzene rings is 2. The van der Waals surface area contributed by atoms with Gasteiger partial charge in [0.2, 0.25) is 6.10 Å². The molecular formula is C25H26N2O4. The molecule has 160 valence electrons. The van der Waals surface area contributed by atoms with Gasteiger partial charge in [-0.3, -0.25) is 5.32 Å². The molecule has 6 heteroatoms. The highest BCUT2D eigenvalue weighted by Crippen LogP contribution is 2.38. The number of rotatable bonds is 6. The van der Waals surface area contributed by atoms with Crippen molar-refractivity contribution in [2.45, 2.75) is 58.0 Å². The lowest BCUT2D eigenvalue weighted by atomic mass is 9.99. The quantitative estimate of drug-likeness (QED) is 0.708. The number of hydrogen-bond acceptors (Lipinski definition) is 5. The van der Waals surface area contributed by atoms with Gasteiger partial charge in [0, 0.05) is 6.42 Å². The second-order valence-electron chi connectivity index (χ2n) is 8.02. The number of nitrogens with zero attached hydrogens (tertiary/aromatic N) is 1. The Balaban J connectivity index is 1.52. The van der Waals surface area contributed by atoms with Gasteiger partial charge in [0.05, 0.1) is 23.9 Å². The van der Waals surface area contributed by atoms with Gasteiger partial charge in [0.1, 0.15) is 0 Å². The SMILES string of the molecule is CCOC(=O)[C@@H](Cc1ccc(C#N)cc1)OC(=O)Nc1c2c(cc3c1CCC3)CCC2. The van der Waals surface area contributed by atoms with Crippen molar-refractivity contribution >= 4 is 17.7 Å². The fourth-order valence-corrected chi connectivity index (χ4v) is 4.57. The molecule has 31 heavy (non-hydrogen) atoms. The third kappa shape index (κ3) is 4.56. The number of hydrogen-bond donors (Lipinski definition) is 1. The lowest BCUT2D eigenvalue weighted by molar-refractivity contribution is -0.152. The Morgan fingerprint density at radius 1 is 1.06 bits per heavy atom. The monoisotopic (exact) mass is 418 g/mol. The number of amides is 1. The zero-order valence-corrected chi connectivity index (χ0v) is 17.7. The Morgan fingerprint density at radius 2 is 1.71 bits per heavy atom. The second kappa shape index (κ2) is 9.22. The fourth-order valence-electron chi connectivity index (χ4n) is 4.57. The Labute approximate surface area is 182 Å². The van der Waals surface area contributed by atoms with Crippen LogP contribution in [0.1, 0.15) is 53.1 Å². The van der Waals surface area contributed by atoms with Gasteiger partial charge in [-0.15, -0.1) is 0 Å². The third-order valence-corrected chi connectivity index (χ3v) is 6.00. The molecule has 0 saturated heterocycles.